The van der Waals surface area contributed by atoms with E-state index in [0.717, 1.165) is 40.9 Å². The van der Waals surface area contributed by atoms with Crippen molar-refractivity contribution in [3.05, 3.63) is 70.5 Å². The zero-order valence-corrected chi connectivity index (χ0v) is 16.9. The van der Waals surface area contributed by atoms with Crippen LogP contribution in [0.5, 0.6) is 5.75 Å². The summed E-state index contributed by atoms with van der Waals surface area (Å²) in [5.41, 5.74) is 2.78. The van der Waals surface area contributed by atoms with E-state index in [1.807, 2.05) is 55.5 Å². The molecule has 0 saturated carbocycles. The maximum absolute atomic E-state index is 12.0. The lowest BCUT2D eigenvalue weighted by molar-refractivity contribution is -0.116. The number of nitrogens with zero attached hydrogens (tertiary/aromatic N) is 1. The van der Waals surface area contributed by atoms with Crippen molar-refractivity contribution < 1.29 is 9.53 Å². The highest BCUT2D eigenvalue weighted by Gasteiger charge is 2.04. The molecule has 0 aliphatic heterocycles. The molecule has 1 amide bonds. The quantitative estimate of drug-likeness (QED) is 0.548. The molecule has 0 fully saturated rings. The summed E-state index contributed by atoms with van der Waals surface area (Å²) in [7, 11) is 1.76. The lowest BCUT2D eigenvalue weighted by Crippen LogP contribution is -2.23. The Labute approximate surface area is 170 Å². The highest BCUT2D eigenvalue weighted by molar-refractivity contribution is 5.91. The van der Waals surface area contributed by atoms with Crippen LogP contribution in [-0.2, 0) is 11.8 Å². The first-order chi connectivity index (χ1) is 14.0. The third kappa shape index (κ3) is 5.68. The number of aryl methyl sites for hydroxylation is 2. The van der Waals surface area contributed by atoms with Gasteiger partial charge in [0, 0.05) is 37.2 Å². The summed E-state index contributed by atoms with van der Waals surface area (Å²) in [5, 5.41) is 7.17. The summed E-state index contributed by atoms with van der Waals surface area (Å²) < 4.78 is 7.42. The first-order valence-electron chi connectivity index (χ1n) is 9.83. The van der Waals surface area contributed by atoms with Gasteiger partial charge < -0.3 is 19.9 Å². The van der Waals surface area contributed by atoms with E-state index in [4.69, 9.17) is 4.74 Å². The first-order valence-corrected chi connectivity index (χ1v) is 9.83. The molecule has 2 N–H and O–H groups in total. The number of hydrogen-bond acceptors (Lipinski definition) is 4. The van der Waals surface area contributed by atoms with Gasteiger partial charge in [-0.3, -0.25) is 9.59 Å². The average molecular weight is 393 g/mol. The third-order valence-electron chi connectivity index (χ3n) is 4.81. The van der Waals surface area contributed by atoms with E-state index in [2.05, 4.69) is 10.6 Å². The molecule has 0 bridgehead atoms. The fraction of sp³-hybridized carbons (Fsp3) is 0.304. The Morgan fingerprint density at radius 3 is 2.72 bits per heavy atom. The molecule has 1 heterocycles. The third-order valence-corrected chi connectivity index (χ3v) is 4.81. The lowest BCUT2D eigenvalue weighted by atomic mass is 10.2. The molecule has 29 heavy (non-hydrogen) atoms. The minimum atomic E-state index is -0.0233. The molecule has 1 aromatic heterocycles. The average Bonchev–Trinajstić information content (AvgIpc) is 2.72. The molecule has 152 valence electrons. The van der Waals surface area contributed by atoms with E-state index in [-0.39, 0.29) is 11.5 Å². The Balaban J connectivity index is 1.33. The van der Waals surface area contributed by atoms with Gasteiger partial charge in [-0.2, -0.15) is 0 Å². The molecule has 0 aliphatic carbocycles. The van der Waals surface area contributed by atoms with Crippen molar-refractivity contribution in [3.63, 3.8) is 0 Å². The van der Waals surface area contributed by atoms with Crippen LogP contribution in [0.1, 0.15) is 18.4 Å². The van der Waals surface area contributed by atoms with Crippen LogP contribution < -0.4 is 20.9 Å². The number of amides is 1. The Morgan fingerprint density at radius 2 is 1.90 bits per heavy atom. The Hall–Kier alpha value is -3.12. The van der Waals surface area contributed by atoms with Crippen molar-refractivity contribution in [1.82, 2.24) is 9.88 Å². The van der Waals surface area contributed by atoms with Gasteiger partial charge >= 0.3 is 0 Å². The second-order valence-electron chi connectivity index (χ2n) is 7.02. The van der Waals surface area contributed by atoms with E-state index in [0.29, 0.717) is 19.6 Å². The highest BCUT2D eigenvalue weighted by atomic mass is 16.5. The molecule has 3 aromatic rings. The second-order valence-corrected chi connectivity index (χ2v) is 7.02. The molecule has 0 aliphatic rings. The number of pyridine rings is 1. The normalized spacial score (nSPS) is 10.8. The van der Waals surface area contributed by atoms with Gasteiger partial charge in [0.05, 0.1) is 12.1 Å². The topological polar surface area (TPSA) is 72.4 Å². The molecule has 0 atom stereocenters. The number of fused-ring (bicyclic) bond motifs is 1. The molecule has 0 spiro atoms. The molecule has 0 unspecified atom stereocenters. The first kappa shape index (κ1) is 20.6. The number of rotatable bonds is 9. The molecule has 6 heteroatoms. The van der Waals surface area contributed by atoms with Crippen LogP contribution in [0.15, 0.2) is 59.4 Å². The summed E-state index contributed by atoms with van der Waals surface area (Å²) in [6.07, 6.45) is 1.27. The van der Waals surface area contributed by atoms with Crippen molar-refractivity contribution in [3.8, 4) is 5.75 Å². The Kier molecular flexibility index (Phi) is 7.03. The largest absolute Gasteiger partial charge is 0.494 e. The van der Waals surface area contributed by atoms with Gasteiger partial charge in [0.25, 0.3) is 5.56 Å². The summed E-state index contributed by atoms with van der Waals surface area (Å²) in [6, 6.07) is 16.8. The number of carbonyl (C=O) groups excluding carboxylic acids is 1. The molecular weight excluding hydrogens is 366 g/mol. The van der Waals surface area contributed by atoms with Crippen molar-refractivity contribution >= 4 is 22.5 Å². The van der Waals surface area contributed by atoms with Gasteiger partial charge in [0.1, 0.15) is 5.75 Å². The highest BCUT2D eigenvalue weighted by Crippen LogP contribution is 2.19. The fourth-order valence-corrected chi connectivity index (χ4v) is 3.09. The number of para-hydroxylation sites is 1. The van der Waals surface area contributed by atoms with E-state index in [1.165, 1.54) is 0 Å². The van der Waals surface area contributed by atoms with E-state index in [9.17, 15) is 9.59 Å². The van der Waals surface area contributed by atoms with Crippen LogP contribution in [0, 0.1) is 6.92 Å². The molecular formula is C23H27N3O3. The monoisotopic (exact) mass is 393 g/mol. The zero-order valence-electron chi connectivity index (χ0n) is 16.9. The lowest BCUT2D eigenvalue weighted by Gasteiger charge is -2.10. The molecule has 0 saturated heterocycles. The molecule has 0 radical (unpaired) electrons. The van der Waals surface area contributed by atoms with Crippen LogP contribution in [-0.4, -0.2) is 30.2 Å². The number of aromatic nitrogens is 1. The van der Waals surface area contributed by atoms with Gasteiger partial charge in [0.2, 0.25) is 5.91 Å². The summed E-state index contributed by atoms with van der Waals surface area (Å²) in [5.74, 6) is 0.794. The van der Waals surface area contributed by atoms with Gasteiger partial charge in [-0.05, 0) is 55.8 Å². The number of nitrogens with one attached hydrogen (secondary N) is 2. The molecule has 6 nitrogen and oxygen atoms in total. The smallest absolute Gasteiger partial charge is 0.250 e. The zero-order chi connectivity index (χ0) is 20.6. The number of ether oxygens (including phenoxy) is 1. The predicted octanol–water partition coefficient (Wildman–Crippen LogP) is 3.23. The van der Waals surface area contributed by atoms with Crippen molar-refractivity contribution in [2.45, 2.75) is 19.8 Å². The summed E-state index contributed by atoms with van der Waals surface area (Å²) in [6.45, 7) is 3.96. The van der Waals surface area contributed by atoms with Crippen molar-refractivity contribution in [2.24, 2.45) is 7.05 Å². The summed E-state index contributed by atoms with van der Waals surface area (Å²) >= 11 is 0. The molecule has 2 aromatic carbocycles. The van der Waals surface area contributed by atoms with E-state index >= 15 is 0 Å². The van der Waals surface area contributed by atoms with Crippen molar-refractivity contribution in [1.29, 1.82) is 0 Å². The standard InChI is InChI=1S/C23H27N3O3/c1-17-6-3-4-7-20(17)25-22(27)12-14-24-13-5-15-29-19-9-10-21-18(16-19)8-11-23(28)26(21)2/h3-4,6-11,16,24H,5,12-15H2,1-2H3,(H,25,27). The van der Waals surface area contributed by atoms with Crippen LogP contribution >= 0.6 is 0 Å². The minimum absolute atomic E-state index is 0.00798. The van der Waals surface area contributed by atoms with Gasteiger partial charge in [0.15, 0.2) is 0 Å². The van der Waals surface area contributed by atoms with Crippen LogP contribution in [0.4, 0.5) is 5.69 Å². The number of anilines is 1. The maximum Gasteiger partial charge on any atom is 0.250 e. The predicted molar refractivity (Wildman–Crippen MR) is 117 cm³/mol. The number of benzene rings is 2. The molecule has 3 rings (SSSR count). The Bertz CT molecular complexity index is 1040. The van der Waals surface area contributed by atoms with E-state index in [1.54, 1.807) is 17.7 Å². The second kappa shape index (κ2) is 9.89. The van der Waals surface area contributed by atoms with Crippen molar-refractivity contribution in [2.75, 3.05) is 25.0 Å². The number of carbonyl (C=O) groups is 1. The van der Waals surface area contributed by atoms with Gasteiger partial charge in [-0.15, -0.1) is 0 Å². The van der Waals surface area contributed by atoms with E-state index < -0.39 is 0 Å². The Morgan fingerprint density at radius 1 is 1.07 bits per heavy atom. The van der Waals surface area contributed by atoms with Crippen LogP contribution in [0.25, 0.3) is 10.9 Å². The summed E-state index contributed by atoms with van der Waals surface area (Å²) in [4.78, 5) is 23.7. The SMILES string of the molecule is Cc1ccccc1NC(=O)CCNCCCOc1ccc2c(ccc(=O)n2C)c1. The fourth-order valence-electron chi connectivity index (χ4n) is 3.09. The number of hydrogen-bond donors (Lipinski definition) is 2. The van der Waals surface area contributed by atoms with Crippen LogP contribution in [0.2, 0.25) is 0 Å². The van der Waals surface area contributed by atoms with Gasteiger partial charge in [-0.25, -0.2) is 0 Å². The minimum Gasteiger partial charge on any atom is -0.494 e. The van der Waals surface area contributed by atoms with Crippen LogP contribution in [0.3, 0.4) is 0 Å². The van der Waals surface area contributed by atoms with Gasteiger partial charge in [-0.1, -0.05) is 18.2 Å². The maximum atomic E-state index is 12.0.